The van der Waals surface area contributed by atoms with Crippen LogP contribution in [0, 0.1) is 0 Å². The SMILES string of the molecule is CCCCCc1ccsc1C(=O)Cl. The van der Waals surface area contributed by atoms with Crippen LogP contribution in [0.5, 0.6) is 0 Å². The summed E-state index contributed by atoms with van der Waals surface area (Å²) in [6.45, 7) is 2.17. The van der Waals surface area contributed by atoms with Crippen molar-refractivity contribution in [2.45, 2.75) is 32.6 Å². The molecule has 0 aliphatic heterocycles. The smallest absolute Gasteiger partial charge is 0.262 e. The third-order valence-corrected chi connectivity index (χ3v) is 3.23. The fourth-order valence-corrected chi connectivity index (χ4v) is 2.31. The Morgan fingerprint density at radius 2 is 2.31 bits per heavy atom. The molecule has 1 rings (SSSR count). The van der Waals surface area contributed by atoms with E-state index in [4.69, 9.17) is 11.6 Å². The molecule has 0 amide bonds. The van der Waals surface area contributed by atoms with Gasteiger partial charge in [-0.25, -0.2) is 0 Å². The van der Waals surface area contributed by atoms with Gasteiger partial charge < -0.3 is 0 Å². The molecule has 0 saturated carbocycles. The summed E-state index contributed by atoms with van der Waals surface area (Å²) in [6.07, 6.45) is 4.54. The maximum absolute atomic E-state index is 10.9. The Balaban J connectivity index is 2.55. The van der Waals surface area contributed by atoms with E-state index in [-0.39, 0.29) is 5.24 Å². The molecule has 1 heterocycles. The first-order valence-corrected chi connectivity index (χ1v) is 5.77. The highest BCUT2D eigenvalue weighted by Gasteiger charge is 2.09. The van der Waals surface area contributed by atoms with Crippen molar-refractivity contribution in [2.24, 2.45) is 0 Å². The molecule has 1 aromatic heterocycles. The van der Waals surface area contributed by atoms with Gasteiger partial charge in [-0.2, -0.15) is 0 Å². The molecule has 0 fully saturated rings. The number of thiophene rings is 1. The molecule has 3 heteroatoms. The summed E-state index contributed by atoms with van der Waals surface area (Å²) in [6, 6.07) is 2.00. The predicted molar refractivity (Wildman–Crippen MR) is 57.7 cm³/mol. The lowest BCUT2D eigenvalue weighted by Crippen LogP contribution is -1.91. The highest BCUT2D eigenvalue weighted by atomic mass is 35.5. The molecule has 0 aromatic carbocycles. The molecule has 0 aliphatic rings. The average molecular weight is 217 g/mol. The summed E-state index contributed by atoms with van der Waals surface area (Å²) in [5.41, 5.74) is 1.11. The number of halogens is 1. The minimum Gasteiger partial charge on any atom is -0.275 e. The summed E-state index contributed by atoms with van der Waals surface area (Å²) in [5.74, 6) is 0. The third-order valence-electron chi connectivity index (χ3n) is 1.97. The molecule has 0 atom stereocenters. The average Bonchev–Trinajstić information content (AvgIpc) is 2.53. The van der Waals surface area contributed by atoms with Crippen LogP contribution >= 0.6 is 22.9 Å². The largest absolute Gasteiger partial charge is 0.275 e. The number of carbonyl (C=O) groups excluding carboxylic acids is 1. The Morgan fingerprint density at radius 1 is 1.54 bits per heavy atom. The van der Waals surface area contributed by atoms with Crippen molar-refractivity contribution in [1.29, 1.82) is 0 Å². The Kier molecular flexibility index (Phi) is 4.46. The second kappa shape index (κ2) is 5.40. The van der Waals surface area contributed by atoms with Gasteiger partial charge in [-0.1, -0.05) is 19.8 Å². The van der Waals surface area contributed by atoms with E-state index in [0.717, 1.165) is 23.3 Å². The standard InChI is InChI=1S/C10H13ClOS/c1-2-3-4-5-8-6-7-13-9(8)10(11)12/h6-7H,2-5H2,1H3. The van der Waals surface area contributed by atoms with Gasteiger partial charge in [0.25, 0.3) is 5.24 Å². The topological polar surface area (TPSA) is 17.1 Å². The highest BCUT2D eigenvalue weighted by molar-refractivity contribution is 7.14. The summed E-state index contributed by atoms with van der Waals surface area (Å²) in [5, 5.41) is 1.61. The van der Waals surface area contributed by atoms with Crippen LogP contribution in [-0.2, 0) is 6.42 Å². The molecule has 0 N–H and O–H groups in total. The molecule has 1 aromatic rings. The molecule has 0 saturated heterocycles. The van der Waals surface area contributed by atoms with Crippen LogP contribution < -0.4 is 0 Å². The van der Waals surface area contributed by atoms with Gasteiger partial charge in [-0.05, 0) is 41.5 Å². The van der Waals surface area contributed by atoms with E-state index < -0.39 is 0 Å². The van der Waals surface area contributed by atoms with E-state index in [2.05, 4.69) is 6.92 Å². The summed E-state index contributed by atoms with van der Waals surface area (Å²) in [4.78, 5) is 11.7. The number of aryl methyl sites for hydroxylation is 1. The van der Waals surface area contributed by atoms with E-state index in [1.54, 1.807) is 0 Å². The van der Waals surface area contributed by atoms with Gasteiger partial charge in [0.1, 0.15) is 0 Å². The second-order valence-electron chi connectivity index (χ2n) is 3.01. The van der Waals surface area contributed by atoms with E-state index in [1.165, 1.54) is 24.2 Å². The number of carbonyl (C=O) groups is 1. The monoisotopic (exact) mass is 216 g/mol. The first-order chi connectivity index (χ1) is 6.25. The second-order valence-corrected chi connectivity index (χ2v) is 4.27. The maximum Gasteiger partial charge on any atom is 0.262 e. The lowest BCUT2D eigenvalue weighted by Gasteiger charge is -1.98. The van der Waals surface area contributed by atoms with E-state index in [9.17, 15) is 4.79 Å². The first-order valence-electron chi connectivity index (χ1n) is 4.52. The predicted octanol–water partition coefficient (Wildman–Crippen LogP) is 3.86. The van der Waals surface area contributed by atoms with Gasteiger partial charge >= 0.3 is 0 Å². The van der Waals surface area contributed by atoms with Crippen LogP contribution in [0.4, 0.5) is 0 Å². The lowest BCUT2D eigenvalue weighted by molar-refractivity contribution is 0.108. The minimum absolute atomic E-state index is 0.318. The molecule has 0 radical (unpaired) electrons. The number of unbranched alkanes of at least 4 members (excludes halogenated alkanes) is 2. The number of hydrogen-bond donors (Lipinski definition) is 0. The molecule has 72 valence electrons. The Morgan fingerprint density at radius 3 is 2.92 bits per heavy atom. The minimum atomic E-state index is -0.318. The van der Waals surface area contributed by atoms with E-state index in [1.807, 2.05) is 11.4 Å². The van der Waals surface area contributed by atoms with Gasteiger partial charge in [0, 0.05) is 0 Å². The van der Waals surface area contributed by atoms with Crippen molar-refractivity contribution in [3.8, 4) is 0 Å². The van der Waals surface area contributed by atoms with Crippen LogP contribution in [-0.4, -0.2) is 5.24 Å². The Bertz CT molecular complexity index is 280. The van der Waals surface area contributed by atoms with E-state index in [0.29, 0.717) is 0 Å². The molecule has 0 unspecified atom stereocenters. The van der Waals surface area contributed by atoms with Crippen LogP contribution in [0.1, 0.15) is 41.4 Å². The molecule has 1 nitrogen and oxygen atoms in total. The normalized spacial score (nSPS) is 10.3. The summed E-state index contributed by atoms with van der Waals surface area (Å²) < 4.78 is 0. The molecular formula is C10H13ClOS. The Labute approximate surface area is 87.7 Å². The molecule has 13 heavy (non-hydrogen) atoms. The van der Waals surface area contributed by atoms with Gasteiger partial charge in [0.05, 0.1) is 4.88 Å². The number of hydrogen-bond acceptors (Lipinski definition) is 2. The number of rotatable bonds is 5. The van der Waals surface area contributed by atoms with Crippen molar-refractivity contribution in [2.75, 3.05) is 0 Å². The van der Waals surface area contributed by atoms with Crippen LogP contribution in [0.2, 0.25) is 0 Å². The zero-order chi connectivity index (χ0) is 9.68. The van der Waals surface area contributed by atoms with Crippen LogP contribution in [0.25, 0.3) is 0 Å². The first kappa shape index (κ1) is 10.7. The van der Waals surface area contributed by atoms with Gasteiger partial charge in [-0.15, -0.1) is 11.3 Å². The maximum atomic E-state index is 10.9. The highest BCUT2D eigenvalue weighted by Crippen LogP contribution is 2.20. The zero-order valence-electron chi connectivity index (χ0n) is 7.68. The van der Waals surface area contributed by atoms with Crippen molar-refractivity contribution in [3.05, 3.63) is 21.9 Å². The summed E-state index contributed by atoms with van der Waals surface area (Å²) >= 11 is 6.87. The lowest BCUT2D eigenvalue weighted by atomic mass is 10.1. The van der Waals surface area contributed by atoms with Crippen molar-refractivity contribution < 1.29 is 4.79 Å². The molecular weight excluding hydrogens is 204 g/mol. The summed E-state index contributed by atoms with van der Waals surface area (Å²) in [7, 11) is 0. The van der Waals surface area contributed by atoms with Crippen molar-refractivity contribution >= 4 is 28.2 Å². The molecule has 0 bridgehead atoms. The van der Waals surface area contributed by atoms with Crippen molar-refractivity contribution in [1.82, 2.24) is 0 Å². The molecule has 0 spiro atoms. The fourth-order valence-electron chi connectivity index (χ4n) is 1.27. The Hall–Kier alpha value is -0.340. The fraction of sp³-hybridized carbons (Fsp3) is 0.500. The van der Waals surface area contributed by atoms with Gasteiger partial charge in [0.2, 0.25) is 0 Å². The quantitative estimate of drug-likeness (QED) is 0.540. The van der Waals surface area contributed by atoms with Gasteiger partial charge in [0.15, 0.2) is 0 Å². The van der Waals surface area contributed by atoms with E-state index >= 15 is 0 Å². The van der Waals surface area contributed by atoms with Crippen LogP contribution in [0.3, 0.4) is 0 Å². The zero-order valence-corrected chi connectivity index (χ0v) is 9.25. The molecule has 0 aliphatic carbocycles. The van der Waals surface area contributed by atoms with Crippen molar-refractivity contribution in [3.63, 3.8) is 0 Å². The third kappa shape index (κ3) is 3.12. The van der Waals surface area contributed by atoms with Gasteiger partial charge in [-0.3, -0.25) is 4.79 Å². The van der Waals surface area contributed by atoms with Crippen LogP contribution in [0.15, 0.2) is 11.4 Å².